The molecule has 0 saturated carbocycles. The summed E-state index contributed by atoms with van der Waals surface area (Å²) in [5.74, 6) is 0.0494. The van der Waals surface area contributed by atoms with Crippen LogP contribution >= 0.6 is 0 Å². The molecule has 0 heterocycles. The Morgan fingerprint density at radius 3 is 2.65 bits per heavy atom. The number of nitrogens with one attached hydrogen (secondary N) is 2. The van der Waals surface area contributed by atoms with E-state index in [0.717, 1.165) is 18.8 Å². The first-order valence-electron chi connectivity index (χ1n) is 5.97. The summed E-state index contributed by atoms with van der Waals surface area (Å²) >= 11 is 0. The Balaban J connectivity index is 2.20. The van der Waals surface area contributed by atoms with Crippen LogP contribution in [0.3, 0.4) is 0 Å². The Hall–Kier alpha value is -1.55. The van der Waals surface area contributed by atoms with Gasteiger partial charge in [-0.05, 0) is 18.7 Å². The second-order valence-corrected chi connectivity index (χ2v) is 3.89. The number of anilines is 1. The predicted molar refractivity (Wildman–Crippen MR) is 71.3 cm³/mol. The highest BCUT2D eigenvalue weighted by molar-refractivity contribution is 5.77. The summed E-state index contributed by atoms with van der Waals surface area (Å²) in [6.45, 7) is 4.66. The van der Waals surface area contributed by atoms with E-state index in [-0.39, 0.29) is 5.91 Å². The molecule has 0 radical (unpaired) electrons. The fraction of sp³-hybridized carbons (Fsp3) is 0.462. The SMILES string of the molecule is CCNCC(=O)NCCN(C)c1ccccc1. The molecule has 0 aromatic heterocycles. The number of hydrogen-bond acceptors (Lipinski definition) is 3. The van der Waals surface area contributed by atoms with Crippen molar-refractivity contribution in [3.05, 3.63) is 30.3 Å². The van der Waals surface area contributed by atoms with Crippen molar-refractivity contribution >= 4 is 11.6 Å². The molecule has 0 fully saturated rings. The summed E-state index contributed by atoms with van der Waals surface area (Å²) in [6, 6.07) is 10.1. The largest absolute Gasteiger partial charge is 0.373 e. The van der Waals surface area contributed by atoms with Gasteiger partial charge < -0.3 is 15.5 Å². The predicted octanol–water partition coefficient (Wildman–Crippen LogP) is 0.849. The molecule has 1 rings (SSSR count). The highest BCUT2D eigenvalue weighted by Gasteiger charge is 2.01. The molecule has 0 unspecified atom stereocenters. The van der Waals surface area contributed by atoms with Crippen molar-refractivity contribution in [3.63, 3.8) is 0 Å². The number of carbonyl (C=O) groups excluding carboxylic acids is 1. The van der Waals surface area contributed by atoms with Crippen LogP contribution < -0.4 is 15.5 Å². The number of amides is 1. The first kappa shape index (κ1) is 13.5. The maximum Gasteiger partial charge on any atom is 0.234 e. The molecule has 94 valence electrons. The quantitative estimate of drug-likeness (QED) is 0.736. The number of para-hydroxylation sites is 1. The zero-order chi connectivity index (χ0) is 12.5. The minimum atomic E-state index is 0.0494. The standard InChI is InChI=1S/C13H21N3O/c1-3-14-11-13(17)15-9-10-16(2)12-7-5-4-6-8-12/h4-8,14H,3,9-11H2,1-2H3,(H,15,17). The molecule has 1 amide bonds. The first-order valence-corrected chi connectivity index (χ1v) is 5.97. The van der Waals surface area contributed by atoms with E-state index >= 15 is 0 Å². The van der Waals surface area contributed by atoms with E-state index in [9.17, 15) is 4.79 Å². The summed E-state index contributed by atoms with van der Waals surface area (Å²) in [5.41, 5.74) is 1.16. The third kappa shape index (κ3) is 5.36. The highest BCUT2D eigenvalue weighted by Crippen LogP contribution is 2.09. The Labute approximate surface area is 103 Å². The van der Waals surface area contributed by atoms with Gasteiger partial charge in [-0.2, -0.15) is 0 Å². The molecule has 0 atom stereocenters. The van der Waals surface area contributed by atoms with Gasteiger partial charge in [-0.1, -0.05) is 25.1 Å². The molecule has 4 nitrogen and oxygen atoms in total. The number of rotatable bonds is 7. The van der Waals surface area contributed by atoms with Crippen molar-refractivity contribution in [2.75, 3.05) is 38.1 Å². The summed E-state index contributed by atoms with van der Waals surface area (Å²) in [7, 11) is 2.02. The lowest BCUT2D eigenvalue weighted by atomic mass is 10.3. The average Bonchev–Trinajstić information content (AvgIpc) is 2.37. The van der Waals surface area contributed by atoms with Gasteiger partial charge in [0.25, 0.3) is 0 Å². The molecule has 0 saturated heterocycles. The Kier molecular flexibility index (Phi) is 6.10. The molecule has 0 aliphatic rings. The lowest BCUT2D eigenvalue weighted by Crippen LogP contribution is -2.38. The van der Waals surface area contributed by atoms with Gasteiger partial charge in [0.2, 0.25) is 5.91 Å². The van der Waals surface area contributed by atoms with E-state index in [2.05, 4.69) is 27.7 Å². The van der Waals surface area contributed by atoms with Gasteiger partial charge in [0.15, 0.2) is 0 Å². The third-order valence-electron chi connectivity index (χ3n) is 2.50. The van der Waals surface area contributed by atoms with Crippen LogP contribution in [0.2, 0.25) is 0 Å². The minimum absolute atomic E-state index is 0.0494. The maximum absolute atomic E-state index is 11.3. The van der Waals surface area contributed by atoms with Crippen LogP contribution in [-0.4, -0.2) is 39.1 Å². The van der Waals surface area contributed by atoms with Crippen molar-refractivity contribution in [3.8, 4) is 0 Å². The van der Waals surface area contributed by atoms with E-state index in [1.54, 1.807) is 0 Å². The first-order chi connectivity index (χ1) is 8.24. The molecule has 1 aromatic rings. The summed E-state index contributed by atoms with van der Waals surface area (Å²) in [4.78, 5) is 13.4. The summed E-state index contributed by atoms with van der Waals surface area (Å²) in [6.07, 6.45) is 0. The molecule has 0 bridgehead atoms. The van der Waals surface area contributed by atoms with Crippen molar-refractivity contribution < 1.29 is 4.79 Å². The van der Waals surface area contributed by atoms with Gasteiger partial charge in [-0.25, -0.2) is 0 Å². The molecule has 0 spiro atoms. The second kappa shape index (κ2) is 7.68. The Morgan fingerprint density at radius 1 is 1.29 bits per heavy atom. The topological polar surface area (TPSA) is 44.4 Å². The van der Waals surface area contributed by atoms with Crippen LogP contribution in [0.5, 0.6) is 0 Å². The molecule has 4 heteroatoms. The lowest BCUT2D eigenvalue weighted by Gasteiger charge is -2.19. The van der Waals surface area contributed by atoms with E-state index in [4.69, 9.17) is 0 Å². The van der Waals surface area contributed by atoms with Gasteiger partial charge in [-0.3, -0.25) is 4.79 Å². The van der Waals surface area contributed by atoms with Crippen LogP contribution in [0, 0.1) is 0 Å². The average molecular weight is 235 g/mol. The summed E-state index contributed by atoms with van der Waals surface area (Å²) in [5, 5.41) is 5.87. The monoisotopic (exact) mass is 235 g/mol. The minimum Gasteiger partial charge on any atom is -0.373 e. The fourth-order valence-corrected chi connectivity index (χ4v) is 1.48. The van der Waals surface area contributed by atoms with E-state index < -0.39 is 0 Å². The number of nitrogens with zero attached hydrogens (tertiary/aromatic N) is 1. The molecular formula is C13H21N3O. The lowest BCUT2D eigenvalue weighted by molar-refractivity contribution is -0.120. The van der Waals surface area contributed by atoms with Gasteiger partial charge in [0.1, 0.15) is 0 Å². The van der Waals surface area contributed by atoms with Crippen molar-refractivity contribution in [1.29, 1.82) is 0 Å². The second-order valence-electron chi connectivity index (χ2n) is 3.89. The van der Waals surface area contributed by atoms with Gasteiger partial charge >= 0.3 is 0 Å². The molecule has 2 N–H and O–H groups in total. The van der Waals surface area contributed by atoms with Crippen molar-refractivity contribution in [2.45, 2.75) is 6.92 Å². The van der Waals surface area contributed by atoms with Crippen molar-refractivity contribution in [1.82, 2.24) is 10.6 Å². The van der Waals surface area contributed by atoms with Gasteiger partial charge in [-0.15, -0.1) is 0 Å². The maximum atomic E-state index is 11.3. The van der Waals surface area contributed by atoms with Crippen LogP contribution in [-0.2, 0) is 4.79 Å². The number of benzene rings is 1. The number of likely N-dealkylation sites (N-methyl/N-ethyl adjacent to an activating group) is 2. The third-order valence-corrected chi connectivity index (χ3v) is 2.50. The van der Waals surface area contributed by atoms with E-state index in [1.165, 1.54) is 0 Å². The van der Waals surface area contributed by atoms with Gasteiger partial charge in [0, 0.05) is 25.8 Å². The Bertz CT molecular complexity index is 327. The fourth-order valence-electron chi connectivity index (χ4n) is 1.48. The number of hydrogen-bond donors (Lipinski definition) is 2. The zero-order valence-corrected chi connectivity index (χ0v) is 10.6. The molecule has 0 aliphatic carbocycles. The number of carbonyl (C=O) groups is 1. The van der Waals surface area contributed by atoms with Crippen LogP contribution in [0.4, 0.5) is 5.69 Å². The Morgan fingerprint density at radius 2 is 2.00 bits per heavy atom. The smallest absolute Gasteiger partial charge is 0.234 e. The van der Waals surface area contributed by atoms with E-state index in [1.807, 2.05) is 32.2 Å². The van der Waals surface area contributed by atoms with Crippen molar-refractivity contribution in [2.24, 2.45) is 0 Å². The normalized spacial score (nSPS) is 10.0. The van der Waals surface area contributed by atoms with Crippen LogP contribution in [0.15, 0.2) is 30.3 Å². The van der Waals surface area contributed by atoms with E-state index in [0.29, 0.717) is 13.1 Å². The van der Waals surface area contributed by atoms with Gasteiger partial charge in [0.05, 0.1) is 6.54 Å². The molecule has 0 aliphatic heterocycles. The molecular weight excluding hydrogens is 214 g/mol. The highest BCUT2D eigenvalue weighted by atomic mass is 16.1. The zero-order valence-electron chi connectivity index (χ0n) is 10.6. The van der Waals surface area contributed by atoms with Crippen LogP contribution in [0.1, 0.15) is 6.92 Å². The van der Waals surface area contributed by atoms with Crippen LogP contribution in [0.25, 0.3) is 0 Å². The molecule has 1 aromatic carbocycles. The molecule has 17 heavy (non-hydrogen) atoms. The summed E-state index contributed by atoms with van der Waals surface area (Å²) < 4.78 is 0.